The lowest BCUT2D eigenvalue weighted by Gasteiger charge is -2.10. The van der Waals surface area contributed by atoms with Crippen LogP contribution in [-0.4, -0.2) is 27.0 Å². The first kappa shape index (κ1) is 12.3. The third-order valence-corrected chi connectivity index (χ3v) is 3.10. The number of aromatic hydroxyl groups is 1. The molecule has 3 rings (SSSR count). The number of nitrogens with zero attached hydrogens (tertiary/aromatic N) is 3. The summed E-state index contributed by atoms with van der Waals surface area (Å²) in [7, 11) is 0. The maximum atomic E-state index is 11.8. The quantitative estimate of drug-likeness (QED) is 0.796. The monoisotopic (exact) mass is 272 g/mol. The number of carbonyl (C=O) groups is 1. The van der Waals surface area contributed by atoms with E-state index in [2.05, 4.69) is 25.5 Å². The van der Waals surface area contributed by atoms with Crippen LogP contribution in [0.15, 0.2) is 34.0 Å². The van der Waals surface area contributed by atoms with Crippen LogP contribution in [0.4, 0.5) is 0 Å². The smallest absolute Gasteiger partial charge is 0.271 e. The van der Waals surface area contributed by atoms with Gasteiger partial charge in [0.05, 0.1) is 0 Å². The molecule has 1 amide bonds. The molecule has 0 unspecified atom stereocenters. The molecule has 1 aliphatic carbocycles. The first-order valence-electron chi connectivity index (χ1n) is 6.17. The van der Waals surface area contributed by atoms with Crippen LogP contribution in [0.5, 0.6) is 5.75 Å². The minimum Gasteiger partial charge on any atom is -0.508 e. The van der Waals surface area contributed by atoms with E-state index in [1.54, 1.807) is 0 Å². The van der Waals surface area contributed by atoms with Crippen molar-refractivity contribution in [2.45, 2.75) is 19.3 Å². The Kier molecular flexibility index (Phi) is 3.16. The molecule has 0 fully saturated rings. The van der Waals surface area contributed by atoms with E-state index in [9.17, 15) is 4.79 Å². The molecule has 0 saturated carbocycles. The average Bonchev–Trinajstić information content (AvgIpc) is 2.93. The summed E-state index contributed by atoms with van der Waals surface area (Å²) >= 11 is 0. The van der Waals surface area contributed by atoms with Crippen molar-refractivity contribution in [1.29, 1.82) is 0 Å². The van der Waals surface area contributed by atoms with E-state index >= 15 is 0 Å². The van der Waals surface area contributed by atoms with E-state index in [0.29, 0.717) is 18.4 Å². The number of amides is 1. The van der Waals surface area contributed by atoms with Crippen molar-refractivity contribution in [3.63, 3.8) is 0 Å². The first-order valence-corrected chi connectivity index (χ1v) is 6.17. The predicted molar refractivity (Wildman–Crippen MR) is 69.3 cm³/mol. The van der Waals surface area contributed by atoms with Gasteiger partial charge in [-0.15, -0.1) is 0 Å². The van der Waals surface area contributed by atoms with Gasteiger partial charge in [-0.2, -0.15) is 5.10 Å². The molecule has 7 nitrogen and oxygen atoms in total. The Bertz CT molecular complexity index is 661. The van der Waals surface area contributed by atoms with E-state index in [1.165, 1.54) is 24.3 Å². The molecule has 1 heterocycles. The third kappa shape index (κ3) is 2.51. The van der Waals surface area contributed by atoms with Crippen LogP contribution in [0, 0.1) is 0 Å². The number of hydrogen-bond acceptors (Lipinski definition) is 6. The minimum absolute atomic E-state index is 0.117. The van der Waals surface area contributed by atoms with Gasteiger partial charge in [-0.3, -0.25) is 4.79 Å². The highest BCUT2D eigenvalue weighted by Gasteiger charge is 2.19. The fraction of sp³-hybridized carbons (Fsp3) is 0.231. The highest BCUT2D eigenvalue weighted by Crippen LogP contribution is 2.15. The second-order valence-corrected chi connectivity index (χ2v) is 4.50. The van der Waals surface area contributed by atoms with Crippen LogP contribution in [0.3, 0.4) is 0 Å². The maximum Gasteiger partial charge on any atom is 0.271 e. The van der Waals surface area contributed by atoms with Gasteiger partial charge in [-0.05, 0) is 30.7 Å². The number of rotatable bonds is 2. The van der Waals surface area contributed by atoms with Crippen molar-refractivity contribution in [2.24, 2.45) is 5.10 Å². The molecule has 0 aliphatic heterocycles. The van der Waals surface area contributed by atoms with Gasteiger partial charge in [0.2, 0.25) is 0 Å². The zero-order chi connectivity index (χ0) is 13.9. The summed E-state index contributed by atoms with van der Waals surface area (Å²) in [6.07, 6.45) is 1.97. The number of carbonyl (C=O) groups excluding carboxylic acids is 1. The van der Waals surface area contributed by atoms with Gasteiger partial charge >= 0.3 is 0 Å². The zero-order valence-electron chi connectivity index (χ0n) is 10.5. The van der Waals surface area contributed by atoms with Crippen LogP contribution >= 0.6 is 0 Å². The number of fused-ring (bicyclic) bond motifs is 1. The average molecular weight is 272 g/mol. The van der Waals surface area contributed by atoms with Gasteiger partial charge in [-0.1, -0.05) is 10.3 Å². The molecular weight excluding hydrogens is 260 g/mol. The highest BCUT2D eigenvalue weighted by atomic mass is 16.6. The summed E-state index contributed by atoms with van der Waals surface area (Å²) in [6.45, 7) is 0. The van der Waals surface area contributed by atoms with Gasteiger partial charge in [-0.25, -0.2) is 10.1 Å². The summed E-state index contributed by atoms with van der Waals surface area (Å²) < 4.78 is 4.66. The van der Waals surface area contributed by atoms with Crippen LogP contribution in [0.2, 0.25) is 0 Å². The molecule has 1 aliphatic rings. The van der Waals surface area contributed by atoms with Gasteiger partial charge < -0.3 is 5.11 Å². The van der Waals surface area contributed by atoms with E-state index in [1.807, 2.05) is 0 Å². The van der Waals surface area contributed by atoms with Crippen molar-refractivity contribution < 1.29 is 14.5 Å². The van der Waals surface area contributed by atoms with E-state index in [-0.39, 0.29) is 11.7 Å². The number of benzene rings is 1. The maximum absolute atomic E-state index is 11.8. The molecule has 0 spiro atoms. The van der Waals surface area contributed by atoms with Crippen molar-refractivity contribution in [1.82, 2.24) is 15.7 Å². The molecular formula is C13H12N4O3. The number of nitrogens with one attached hydrogen (secondary N) is 1. The lowest BCUT2D eigenvalue weighted by molar-refractivity contribution is 0.0954. The molecule has 0 radical (unpaired) electrons. The molecule has 1 aromatic carbocycles. The number of phenolic OH excluding ortho intramolecular Hbond substituents is 1. The summed E-state index contributed by atoms with van der Waals surface area (Å²) in [6, 6.07) is 5.97. The molecule has 0 atom stereocenters. The third-order valence-electron chi connectivity index (χ3n) is 3.10. The number of hydrogen-bond donors (Lipinski definition) is 2. The number of aromatic nitrogens is 2. The van der Waals surface area contributed by atoms with Gasteiger partial charge in [0.1, 0.15) is 17.1 Å². The van der Waals surface area contributed by atoms with Crippen LogP contribution in [0.25, 0.3) is 0 Å². The summed E-state index contributed by atoms with van der Waals surface area (Å²) in [5.41, 5.74) is 5.40. The Hall–Kier alpha value is -2.70. The molecule has 2 aromatic rings. The van der Waals surface area contributed by atoms with Gasteiger partial charge in [0, 0.05) is 24.1 Å². The largest absolute Gasteiger partial charge is 0.508 e. The van der Waals surface area contributed by atoms with Crippen molar-refractivity contribution in [3.8, 4) is 5.75 Å². The standard InChI is InChI=1S/C13H12N4O3/c18-10-4-1-8(2-5-10)13(19)15-14-9-3-6-11-12(7-9)17-20-16-11/h1-2,4-5,18H,3,6-7H2,(H,15,19). The summed E-state index contributed by atoms with van der Waals surface area (Å²) in [5, 5.41) is 20.9. The predicted octanol–water partition coefficient (Wildman–Crippen LogP) is 1.05. The lowest BCUT2D eigenvalue weighted by atomic mass is 9.99. The fourth-order valence-electron chi connectivity index (χ4n) is 2.00. The molecule has 1 aromatic heterocycles. The van der Waals surface area contributed by atoms with Crippen molar-refractivity contribution >= 4 is 11.6 Å². The second kappa shape index (κ2) is 5.12. The SMILES string of the molecule is O=C(NN=C1CCc2nonc2C1)c1ccc(O)cc1. The van der Waals surface area contributed by atoms with Crippen molar-refractivity contribution in [3.05, 3.63) is 41.2 Å². The van der Waals surface area contributed by atoms with Crippen LogP contribution in [-0.2, 0) is 12.8 Å². The highest BCUT2D eigenvalue weighted by molar-refractivity contribution is 5.96. The first-order chi connectivity index (χ1) is 9.72. The second-order valence-electron chi connectivity index (χ2n) is 4.50. The summed E-state index contributed by atoms with van der Waals surface area (Å²) in [4.78, 5) is 11.8. The normalized spacial score (nSPS) is 15.9. The van der Waals surface area contributed by atoms with Crippen LogP contribution < -0.4 is 5.43 Å². The Morgan fingerprint density at radius 2 is 1.95 bits per heavy atom. The van der Waals surface area contributed by atoms with E-state index < -0.39 is 0 Å². The number of aryl methyl sites for hydroxylation is 1. The Labute approximate surface area is 114 Å². The Morgan fingerprint density at radius 1 is 1.20 bits per heavy atom. The Morgan fingerprint density at radius 3 is 2.75 bits per heavy atom. The van der Waals surface area contributed by atoms with Gasteiger partial charge in [0.25, 0.3) is 5.91 Å². The number of hydrazone groups is 1. The molecule has 2 N–H and O–H groups in total. The molecule has 102 valence electrons. The van der Waals surface area contributed by atoms with Crippen molar-refractivity contribution in [2.75, 3.05) is 0 Å². The topological polar surface area (TPSA) is 101 Å². The minimum atomic E-state index is -0.318. The lowest BCUT2D eigenvalue weighted by Crippen LogP contribution is -2.22. The van der Waals surface area contributed by atoms with Gasteiger partial charge in [0.15, 0.2) is 0 Å². The molecule has 0 bridgehead atoms. The zero-order valence-corrected chi connectivity index (χ0v) is 10.5. The summed E-state index contributed by atoms with van der Waals surface area (Å²) in [5.74, 6) is -0.201. The Balaban J connectivity index is 1.66. The molecule has 0 saturated heterocycles. The van der Waals surface area contributed by atoms with E-state index in [0.717, 1.165) is 23.5 Å². The van der Waals surface area contributed by atoms with E-state index in [4.69, 9.17) is 5.11 Å². The van der Waals surface area contributed by atoms with Crippen LogP contribution in [0.1, 0.15) is 28.2 Å². The molecule has 20 heavy (non-hydrogen) atoms. The fourth-order valence-corrected chi connectivity index (χ4v) is 2.00. The molecule has 7 heteroatoms. The number of phenols is 1.